The summed E-state index contributed by atoms with van der Waals surface area (Å²) in [6, 6.07) is 13.4. The number of hydrogen-bond acceptors (Lipinski definition) is 4. The molecule has 21 heavy (non-hydrogen) atoms. The quantitative estimate of drug-likeness (QED) is 0.720. The molecule has 2 aromatic heterocycles. The van der Waals surface area contributed by atoms with Crippen molar-refractivity contribution >= 4 is 11.6 Å². The van der Waals surface area contributed by atoms with E-state index in [-0.39, 0.29) is 0 Å². The molecule has 0 radical (unpaired) electrons. The molecule has 0 aliphatic carbocycles. The Hall–Kier alpha value is -2.33. The lowest BCUT2D eigenvalue weighted by atomic mass is 10.1. The fraction of sp³-hybridized carbons (Fsp3) is 0.125. The summed E-state index contributed by atoms with van der Waals surface area (Å²) in [5.41, 5.74) is 2.40. The Morgan fingerprint density at radius 2 is 1.38 bits per heavy atom. The van der Waals surface area contributed by atoms with Crippen LogP contribution in [0.2, 0.25) is 5.02 Å². The molecule has 1 aromatic carbocycles. The van der Waals surface area contributed by atoms with E-state index in [4.69, 9.17) is 11.6 Å². The van der Waals surface area contributed by atoms with Crippen molar-refractivity contribution in [3.63, 3.8) is 0 Å². The monoisotopic (exact) mass is 296 g/mol. The zero-order chi connectivity index (χ0) is 14.8. The maximum Gasteiger partial charge on any atom is 0.181 e. The van der Waals surface area contributed by atoms with Crippen molar-refractivity contribution in [2.24, 2.45) is 0 Å². The van der Waals surface area contributed by atoms with Gasteiger partial charge in [0.05, 0.1) is 5.69 Å². The number of aromatic nitrogens is 4. The molecule has 0 amide bonds. The first-order valence-electron chi connectivity index (χ1n) is 6.55. The third-order valence-corrected chi connectivity index (χ3v) is 3.32. The van der Waals surface area contributed by atoms with Gasteiger partial charge in [-0.05, 0) is 32.0 Å². The Morgan fingerprint density at radius 3 is 2.10 bits per heavy atom. The highest BCUT2D eigenvalue weighted by molar-refractivity contribution is 6.33. The molecule has 0 fully saturated rings. The van der Waals surface area contributed by atoms with Gasteiger partial charge in [-0.15, -0.1) is 0 Å². The van der Waals surface area contributed by atoms with Gasteiger partial charge in [0.25, 0.3) is 0 Å². The van der Waals surface area contributed by atoms with E-state index in [1.165, 1.54) is 0 Å². The number of aryl methyl sites for hydroxylation is 2. The summed E-state index contributed by atoms with van der Waals surface area (Å²) in [5.74, 6) is 1.94. The zero-order valence-electron chi connectivity index (χ0n) is 11.7. The van der Waals surface area contributed by atoms with Gasteiger partial charge in [-0.25, -0.2) is 19.9 Å². The van der Waals surface area contributed by atoms with Crippen molar-refractivity contribution in [3.05, 3.63) is 59.1 Å². The normalized spacial score (nSPS) is 10.6. The van der Waals surface area contributed by atoms with Gasteiger partial charge < -0.3 is 0 Å². The SMILES string of the molecule is Cc1nc(C)nc(-c2cccc(-c3ccccc3Cl)n2)n1. The molecule has 0 N–H and O–H groups in total. The number of rotatable bonds is 2. The molecule has 0 bridgehead atoms. The van der Waals surface area contributed by atoms with E-state index in [9.17, 15) is 0 Å². The van der Waals surface area contributed by atoms with Crippen molar-refractivity contribution in [2.75, 3.05) is 0 Å². The Bertz CT molecular complexity index is 782. The molecule has 3 aromatic rings. The van der Waals surface area contributed by atoms with Crippen LogP contribution in [0.4, 0.5) is 0 Å². The van der Waals surface area contributed by atoms with Crippen LogP contribution in [0.5, 0.6) is 0 Å². The van der Waals surface area contributed by atoms with Crippen LogP contribution in [-0.2, 0) is 0 Å². The second-order valence-electron chi connectivity index (χ2n) is 4.64. The van der Waals surface area contributed by atoms with Crippen LogP contribution in [0.1, 0.15) is 11.6 Å². The summed E-state index contributed by atoms with van der Waals surface area (Å²) in [4.78, 5) is 17.5. The van der Waals surface area contributed by atoms with Crippen LogP contribution in [0.25, 0.3) is 22.8 Å². The number of hydrogen-bond donors (Lipinski definition) is 0. The van der Waals surface area contributed by atoms with Gasteiger partial charge in [0.1, 0.15) is 17.3 Å². The van der Waals surface area contributed by atoms with Crippen molar-refractivity contribution in [1.29, 1.82) is 0 Å². The second kappa shape index (κ2) is 5.58. The predicted octanol–water partition coefficient (Wildman–Crippen LogP) is 3.87. The van der Waals surface area contributed by atoms with Crippen LogP contribution in [-0.4, -0.2) is 19.9 Å². The lowest BCUT2D eigenvalue weighted by Crippen LogP contribution is -2.00. The highest BCUT2D eigenvalue weighted by atomic mass is 35.5. The topological polar surface area (TPSA) is 51.6 Å². The van der Waals surface area contributed by atoms with E-state index in [1.807, 2.05) is 56.3 Å². The minimum atomic E-state index is 0.578. The molecule has 0 saturated heterocycles. The molecule has 0 spiro atoms. The van der Waals surface area contributed by atoms with Gasteiger partial charge in [0.15, 0.2) is 5.82 Å². The third kappa shape index (κ3) is 2.90. The molecule has 0 atom stereocenters. The molecule has 3 rings (SSSR count). The third-order valence-electron chi connectivity index (χ3n) is 2.99. The Morgan fingerprint density at radius 1 is 0.714 bits per heavy atom. The molecule has 0 unspecified atom stereocenters. The highest BCUT2D eigenvalue weighted by Gasteiger charge is 2.09. The summed E-state index contributed by atoms with van der Waals surface area (Å²) < 4.78 is 0. The van der Waals surface area contributed by atoms with E-state index in [0.717, 1.165) is 11.3 Å². The van der Waals surface area contributed by atoms with Crippen molar-refractivity contribution in [1.82, 2.24) is 19.9 Å². The van der Waals surface area contributed by atoms with Crippen LogP contribution >= 0.6 is 11.6 Å². The molecular weight excluding hydrogens is 284 g/mol. The first kappa shape index (κ1) is 13.6. The number of nitrogens with zero attached hydrogens (tertiary/aromatic N) is 4. The number of pyridine rings is 1. The highest BCUT2D eigenvalue weighted by Crippen LogP contribution is 2.27. The van der Waals surface area contributed by atoms with Gasteiger partial charge in [-0.3, -0.25) is 0 Å². The molecular formula is C16H13ClN4. The van der Waals surface area contributed by atoms with Gasteiger partial charge in [-0.1, -0.05) is 35.9 Å². The van der Waals surface area contributed by atoms with E-state index < -0.39 is 0 Å². The summed E-state index contributed by atoms with van der Waals surface area (Å²) in [5, 5.41) is 0.671. The molecule has 0 aliphatic heterocycles. The second-order valence-corrected chi connectivity index (χ2v) is 5.05. The zero-order valence-corrected chi connectivity index (χ0v) is 12.5. The number of benzene rings is 1. The average Bonchev–Trinajstić information content (AvgIpc) is 2.47. The van der Waals surface area contributed by atoms with E-state index >= 15 is 0 Å². The smallest absolute Gasteiger partial charge is 0.181 e. The minimum absolute atomic E-state index is 0.578. The molecule has 0 aliphatic rings. The van der Waals surface area contributed by atoms with Gasteiger partial charge in [-0.2, -0.15) is 0 Å². The number of halogens is 1. The summed E-state index contributed by atoms with van der Waals surface area (Å²) in [7, 11) is 0. The molecule has 2 heterocycles. The van der Waals surface area contributed by atoms with Gasteiger partial charge in [0.2, 0.25) is 0 Å². The Labute approximate surface area is 127 Å². The van der Waals surface area contributed by atoms with Crippen molar-refractivity contribution < 1.29 is 0 Å². The standard InChI is InChI=1S/C16H13ClN4/c1-10-18-11(2)20-16(19-10)15-9-5-8-14(21-15)12-6-3-4-7-13(12)17/h3-9H,1-2H3. The predicted molar refractivity (Wildman–Crippen MR) is 83.0 cm³/mol. The Balaban J connectivity index is 2.10. The first-order valence-corrected chi connectivity index (χ1v) is 6.93. The minimum Gasteiger partial charge on any atom is -0.244 e. The van der Waals surface area contributed by atoms with E-state index in [1.54, 1.807) is 0 Å². The van der Waals surface area contributed by atoms with E-state index in [0.29, 0.717) is 28.2 Å². The summed E-state index contributed by atoms with van der Waals surface area (Å²) in [6.45, 7) is 3.69. The lowest BCUT2D eigenvalue weighted by molar-refractivity contribution is 0.923. The fourth-order valence-electron chi connectivity index (χ4n) is 2.11. The van der Waals surface area contributed by atoms with Gasteiger partial charge in [0, 0.05) is 10.6 Å². The maximum absolute atomic E-state index is 6.23. The molecule has 5 heteroatoms. The Kier molecular flexibility index (Phi) is 3.62. The maximum atomic E-state index is 6.23. The summed E-state index contributed by atoms with van der Waals surface area (Å²) in [6.07, 6.45) is 0. The molecule has 0 saturated carbocycles. The fourth-order valence-corrected chi connectivity index (χ4v) is 2.34. The largest absolute Gasteiger partial charge is 0.244 e. The van der Waals surface area contributed by atoms with Crippen molar-refractivity contribution in [3.8, 4) is 22.8 Å². The van der Waals surface area contributed by atoms with E-state index in [2.05, 4.69) is 19.9 Å². The molecule has 4 nitrogen and oxygen atoms in total. The lowest BCUT2D eigenvalue weighted by Gasteiger charge is -2.06. The van der Waals surface area contributed by atoms with Crippen LogP contribution < -0.4 is 0 Å². The summed E-state index contributed by atoms with van der Waals surface area (Å²) >= 11 is 6.23. The molecule has 104 valence electrons. The van der Waals surface area contributed by atoms with Crippen molar-refractivity contribution in [2.45, 2.75) is 13.8 Å². The van der Waals surface area contributed by atoms with Crippen LogP contribution in [0.3, 0.4) is 0 Å². The van der Waals surface area contributed by atoms with Gasteiger partial charge >= 0.3 is 0 Å². The van der Waals surface area contributed by atoms with Crippen LogP contribution in [0, 0.1) is 13.8 Å². The van der Waals surface area contributed by atoms with Crippen LogP contribution in [0.15, 0.2) is 42.5 Å². The first-order chi connectivity index (χ1) is 10.1. The average molecular weight is 297 g/mol.